The van der Waals surface area contributed by atoms with Crippen molar-refractivity contribution >= 4 is 5.97 Å². The van der Waals surface area contributed by atoms with Crippen molar-refractivity contribution in [2.45, 2.75) is 44.8 Å². The average Bonchev–Trinajstić information content (AvgIpc) is 2.10. The molecule has 0 bridgehead atoms. The third-order valence-corrected chi connectivity index (χ3v) is 2.76. The smallest absolute Gasteiger partial charge is 0.336 e. The first-order valence-electron chi connectivity index (χ1n) is 5.25. The highest BCUT2D eigenvalue weighted by molar-refractivity contribution is 5.75. The Morgan fingerprint density at radius 2 is 2.29 bits per heavy atom. The number of ether oxygens (including phenoxy) is 1. The summed E-state index contributed by atoms with van der Waals surface area (Å²) in [6.45, 7) is 1.99. The number of nitrogens with two attached hydrogens (primary N) is 1. The van der Waals surface area contributed by atoms with Crippen molar-refractivity contribution in [3.63, 3.8) is 0 Å². The van der Waals surface area contributed by atoms with E-state index in [1.165, 1.54) is 19.3 Å². The molecule has 0 heterocycles. The molecule has 4 nitrogen and oxygen atoms in total. The highest BCUT2D eigenvalue weighted by atomic mass is 16.5. The number of esters is 1. The van der Waals surface area contributed by atoms with Crippen LogP contribution in [0.4, 0.5) is 0 Å². The summed E-state index contributed by atoms with van der Waals surface area (Å²) in [5, 5.41) is 9.49. The van der Waals surface area contributed by atoms with E-state index in [0.29, 0.717) is 5.92 Å². The van der Waals surface area contributed by atoms with Gasteiger partial charge in [-0.15, -0.1) is 0 Å². The van der Waals surface area contributed by atoms with E-state index in [2.05, 4.69) is 4.74 Å². The minimum absolute atomic E-state index is 0.284. The van der Waals surface area contributed by atoms with Gasteiger partial charge in [-0.1, -0.05) is 19.3 Å². The number of hydrogen-bond donors (Lipinski definition) is 2. The van der Waals surface area contributed by atoms with Crippen LogP contribution in [0.5, 0.6) is 0 Å². The van der Waals surface area contributed by atoms with Crippen LogP contribution in [0.15, 0.2) is 0 Å². The lowest BCUT2D eigenvalue weighted by Crippen LogP contribution is -2.43. The molecule has 0 aliphatic heterocycles. The van der Waals surface area contributed by atoms with Crippen LogP contribution < -0.4 is 5.73 Å². The standard InChI is InChI=1S/C10H19NO3/c1-2-14-10(13)9(12)8(11)6-7-4-3-5-7/h7-9,12H,2-6,11H2,1H3. The number of aliphatic hydroxyl groups excluding tert-OH is 1. The van der Waals surface area contributed by atoms with Crippen LogP contribution in [-0.2, 0) is 9.53 Å². The van der Waals surface area contributed by atoms with Gasteiger partial charge in [-0.2, -0.15) is 0 Å². The molecule has 14 heavy (non-hydrogen) atoms. The molecule has 3 N–H and O–H groups in total. The lowest BCUT2D eigenvalue weighted by molar-refractivity contribution is -0.154. The Labute approximate surface area is 84.4 Å². The maximum Gasteiger partial charge on any atom is 0.336 e. The van der Waals surface area contributed by atoms with Crippen LogP contribution in [0.25, 0.3) is 0 Å². The second-order valence-corrected chi connectivity index (χ2v) is 3.89. The Hall–Kier alpha value is -0.610. The topological polar surface area (TPSA) is 72.5 Å². The molecule has 1 aliphatic carbocycles. The second-order valence-electron chi connectivity index (χ2n) is 3.89. The van der Waals surface area contributed by atoms with Gasteiger partial charge in [-0.25, -0.2) is 4.79 Å². The summed E-state index contributed by atoms with van der Waals surface area (Å²) < 4.78 is 4.69. The van der Waals surface area contributed by atoms with E-state index in [9.17, 15) is 9.90 Å². The van der Waals surface area contributed by atoms with Gasteiger partial charge < -0.3 is 15.6 Å². The monoisotopic (exact) mass is 201 g/mol. The third kappa shape index (κ3) is 2.96. The van der Waals surface area contributed by atoms with Crippen LogP contribution in [-0.4, -0.2) is 29.8 Å². The zero-order valence-electron chi connectivity index (χ0n) is 8.61. The van der Waals surface area contributed by atoms with Crippen molar-refractivity contribution in [2.24, 2.45) is 11.7 Å². The Bertz CT molecular complexity index is 192. The van der Waals surface area contributed by atoms with Crippen molar-refractivity contribution < 1.29 is 14.6 Å². The van der Waals surface area contributed by atoms with Gasteiger partial charge in [0.1, 0.15) is 0 Å². The highest BCUT2D eigenvalue weighted by Crippen LogP contribution is 2.30. The van der Waals surface area contributed by atoms with Gasteiger partial charge >= 0.3 is 5.97 Å². The van der Waals surface area contributed by atoms with Crippen molar-refractivity contribution in [1.29, 1.82) is 0 Å². The zero-order chi connectivity index (χ0) is 10.6. The molecule has 0 aromatic heterocycles. The van der Waals surface area contributed by atoms with Gasteiger partial charge in [0.05, 0.1) is 6.61 Å². The van der Waals surface area contributed by atoms with E-state index in [-0.39, 0.29) is 6.61 Å². The normalized spacial score (nSPS) is 21.1. The van der Waals surface area contributed by atoms with Gasteiger partial charge in [0.15, 0.2) is 6.10 Å². The molecule has 0 saturated heterocycles. The van der Waals surface area contributed by atoms with E-state index in [1.54, 1.807) is 6.92 Å². The molecule has 1 fully saturated rings. The Morgan fingerprint density at radius 1 is 1.64 bits per heavy atom. The predicted molar refractivity (Wildman–Crippen MR) is 52.6 cm³/mol. The van der Waals surface area contributed by atoms with Crippen LogP contribution in [0.2, 0.25) is 0 Å². The van der Waals surface area contributed by atoms with Crippen LogP contribution in [0.1, 0.15) is 32.6 Å². The quantitative estimate of drug-likeness (QED) is 0.633. The molecule has 2 atom stereocenters. The number of carbonyl (C=O) groups is 1. The molecule has 0 amide bonds. The lowest BCUT2D eigenvalue weighted by Gasteiger charge is -2.29. The molecule has 1 rings (SSSR count). The molecular formula is C10H19NO3. The number of rotatable bonds is 5. The maximum atomic E-state index is 11.1. The van der Waals surface area contributed by atoms with Gasteiger partial charge in [0.2, 0.25) is 0 Å². The summed E-state index contributed by atoms with van der Waals surface area (Å²) >= 11 is 0. The molecule has 1 aliphatic rings. The first-order chi connectivity index (χ1) is 6.65. The van der Waals surface area contributed by atoms with Crippen molar-refractivity contribution in [3.05, 3.63) is 0 Å². The maximum absolute atomic E-state index is 11.1. The molecule has 0 radical (unpaired) electrons. The van der Waals surface area contributed by atoms with Gasteiger partial charge in [-0.3, -0.25) is 0 Å². The van der Waals surface area contributed by atoms with E-state index in [0.717, 1.165) is 6.42 Å². The van der Waals surface area contributed by atoms with Crippen LogP contribution in [0.3, 0.4) is 0 Å². The molecule has 0 aromatic rings. The second kappa shape index (κ2) is 5.32. The fourth-order valence-corrected chi connectivity index (χ4v) is 1.64. The largest absolute Gasteiger partial charge is 0.464 e. The summed E-state index contributed by atoms with van der Waals surface area (Å²) in [6.07, 6.45) is 3.15. The molecule has 2 unspecified atom stereocenters. The number of carbonyl (C=O) groups excluding carboxylic acids is 1. The molecule has 4 heteroatoms. The van der Waals surface area contributed by atoms with E-state index < -0.39 is 18.1 Å². The molecule has 1 saturated carbocycles. The molecular weight excluding hydrogens is 182 g/mol. The van der Waals surface area contributed by atoms with Crippen molar-refractivity contribution in [2.75, 3.05) is 6.61 Å². The van der Waals surface area contributed by atoms with Crippen LogP contribution >= 0.6 is 0 Å². The lowest BCUT2D eigenvalue weighted by atomic mass is 9.80. The SMILES string of the molecule is CCOC(=O)C(O)C(N)CC1CCC1. The molecule has 0 spiro atoms. The molecule has 82 valence electrons. The van der Waals surface area contributed by atoms with Gasteiger partial charge in [0.25, 0.3) is 0 Å². The zero-order valence-corrected chi connectivity index (χ0v) is 8.61. The summed E-state index contributed by atoms with van der Waals surface area (Å²) in [5.74, 6) is -0.00611. The van der Waals surface area contributed by atoms with Crippen molar-refractivity contribution in [3.8, 4) is 0 Å². The highest BCUT2D eigenvalue weighted by Gasteiger charge is 2.28. The average molecular weight is 201 g/mol. The predicted octanol–water partition coefficient (Wildman–Crippen LogP) is 0.428. The van der Waals surface area contributed by atoms with E-state index >= 15 is 0 Å². The fourth-order valence-electron chi connectivity index (χ4n) is 1.64. The fraction of sp³-hybridized carbons (Fsp3) is 0.900. The first kappa shape index (κ1) is 11.5. The number of aliphatic hydroxyl groups is 1. The van der Waals surface area contributed by atoms with E-state index in [4.69, 9.17) is 5.73 Å². The summed E-state index contributed by atoms with van der Waals surface area (Å²) in [5.41, 5.74) is 5.71. The Balaban J connectivity index is 2.26. The van der Waals surface area contributed by atoms with Gasteiger partial charge in [-0.05, 0) is 19.3 Å². The Morgan fingerprint density at radius 3 is 2.71 bits per heavy atom. The summed E-state index contributed by atoms with van der Waals surface area (Å²) in [6, 6.07) is -0.473. The number of hydrogen-bond acceptors (Lipinski definition) is 4. The van der Waals surface area contributed by atoms with Crippen molar-refractivity contribution in [1.82, 2.24) is 0 Å². The van der Waals surface area contributed by atoms with E-state index in [1.807, 2.05) is 0 Å². The minimum Gasteiger partial charge on any atom is -0.464 e. The first-order valence-corrected chi connectivity index (χ1v) is 5.25. The third-order valence-electron chi connectivity index (χ3n) is 2.76. The summed E-state index contributed by atoms with van der Waals surface area (Å²) in [7, 11) is 0. The minimum atomic E-state index is -1.16. The Kier molecular flexibility index (Phi) is 4.35. The van der Waals surface area contributed by atoms with Crippen LogP contribution in [0, 0.1) is 5.92 Å². The summed E-state index contributed by atoms with van der Waals surface area (Å²) in [4.78, 5) is 11.1. The molecule has 0 aromatic carbocycles. The van der Waals surface area contributed by atoms with Gasteiger partial charge in [0, 0.05) is 6.04 Å².